The maximum atomic E-state index is 12.6. The van der Waals surface area contributed by atoms with Crippen molar-refractivity contribution >= 4 is 40.3 Å². The molecule has 0 saturated carbocycles. The molecule has 12 nitrogen and oxygen atoms in total. The monoisotopic (exact) mass is 555 g/mol. The van der Waals surface area contributed by atoms with Gasteiger partial charge >= 0.3 is 5.63 Å². The summed E-state index contributed by atoms with van der Waals surface area (Å²) in [6.45, 7) is 5.05. The van der Waals surface area contributed by atoms with E-state index in [0.29, 0.717) is 15.6 Å². The summed E-state index contributed by atoms with van der Waals surface area (Å²) >= 11 is 6.92. The number of oxime groups is 1. The van der Waals surface area contributed by atoms with E-state index < -0.39 is 35.8 Å². The second-order valence-electron chi connectivity index (χ2n) is 8.89. The normalized spacial score (nSPS) is 23.5. The Labute approximate surface area is 220 Å². The first-order chi connectivity index (χ1) is 17.5. The third kappa shape index (κ3) is 5.42. The molecular weight excluding hydrogens is 530 g/mol. The van der Waals surface area contributed by atoms with Gasteiger partial charge in [0.25, 0.3) is 0 Å². The Kier molecular flexibility index (Phi) is 8.02. The number of ether oxygens (including phenoxy) is 3. The maximum absolute atomic E-state index is 12.6. The summed E-state index contributed by atoms with van der Waals surface area (Å²) in [5.74, 6) is -0.0385. The molecule has 1 saturated heterocycles. The number of fused-ring (bicyclic) bond motifs is 1. The molecule has 0 spiro atoms. The van der Waals surface area contributed by atoms with Crippen molar-refractivity contribution in [3.05, 3.63) is 43.7 Å². The quantitative estimate of drug-likeness (QED) is 0.212. The van der Waals surface area contributed by atoms with Crippen LogP contribution in [-0.4, -0.2) is 68.4 Å². The maximum Gasteiger partial charge on any atom is 0.343 e. The molecule has 4 atom stereocenters. The molecule has 0 radical (unpaired) electrons. The van der Waals surface area contributed by atoms with Gasteiger partial charge in [-0.2, -0.15) is 0 Å². The molecular formula is C23H26ClN3O9S. The lowest BCUT2D eigenvalue weighted by atomic mass is 9.89. The lowest BCUT2D eigenvalue weighted by molar-refractivity contribution is -0.306. The molecule has 3 N–H and O–H groups in total. The SMILES string of the molecule is CO[C@@H]1[C@H](O)[C@@H](O)[C@H](Oc2ccc3c(O)c(CC=NOCc4nnsc4Cl)c(=O)oc3c2C)OC1(C)C. The number of rotatable bonds is 8. The summed E-state index contributed by atoms with van der Waals surface area (Å²) in [5.41, 5.74) is -0.813. The predicted molar refractivity (Wildman–Crippen MR) is 133 cm³/mol. The Bertz CT molecular complexity index is 1360. The largest absolute Gasteiger partial charge is 0.507 e. The van der Waals surface area contributed by atoms with E-state index >= 15 is 0 Å². The number of aliphatic hydroxyl groups excluding tert-OH is 2. The Morgan fingerprint density at radius 1 is 1.30 bits per heavy atom. The Balaban J connectivity index is 1.52. The van der Waals surface area contributed by atoms with Gasteiger partial charge in [-0.25, -0.2) is 4.79 Å². The first-order valence-electron chi connectivity index (χ1n) is 11.2. The zero-order chi connectivity index (χ0) is 26.9. The van der Waals surface area contributed by atoms with E-state index in [1.165, 1.54) is 19.4 Å². The second kappa shape index (κ2) is 10.9. The van der Waals surface area contributed by atoms with E-state index in [4.69, 9.17) is 35.1 Å². The van der Waals surface area contributed by atoms with Crippen LogP contribution in [0.1, 0.15) is 30.7 Å². The van der Waals surface area contributed by atoms with Crippen LogP contribution in [0.15, 0.2) is 26.5 Å². The fourth-order valence-corrected chi connectivity index (χ4v) is 4.71. The first kappa shape index (κ1) is 27.2. The van der Waals surface area contributed by atoms with Crippen molar-refractivity contribution < 1.29 is 38.8 Å². The van der Waals surface area contributed by atoms with Crippen LogP contribution >= 0.6 is 23.1 Å². The molecule has 14 heteroatoms. The topological polar surface area (TPSA) is 166 Å². The van der Waals surface area contributed by atoms with E-state index in [2.05, 4.69) is 14.7 Å². The average Bonchev–Trinajstić information content (AvgIpc) is 3.25. The molecule has 1 aliphatic heterocycles. The first-order valence-corrected chi connectivity index (χ1v) is 12.3. The van der Waals surface area contributed by atoms with Crippen molar-refractivity contribution in [3.63, 3.8) is 0 Å². The number of methoxy groups -OCH3 is 1. The minimum atomic E-state index is -1.40. The van der Waals surface area contributed by atoms with Crippen LogP contribution in [0.4, 0.5) is 0 Å². The van der Waals surface area contributed by atoms with Crippen molar-refractivity contribution in [1.29, 1.82) is 0 Å². The van der Waals surface area contributed by atoms with Gasteiger partial charge in [-0.05, 0) is 32.9 Å². The minimum Gasteiger partial charge on any atom is -0.507 e. The van der Waals surface area contributed by atoms with Crippen LogP contribution in [0.3, 0.4) is 0 Å². The summed E-state index contributed by atoms with van der Waals surface area (Å²) in [5, 5.41) is 39.6. The highest BCUT2D eigenvalue weighted by atomic mass is 35.5. The molecule has 1 fully saturated rings. The van der Waals surface area contributed by atoms with Crippen LogP contribution < -0.4 is 10.4 Å². The van der Waals surface area contributed by atoms with Gasteiger partial charge in [-0.3, -0.25) is 0 Å². The van der Waals surface area contributed by atoms with Gasteiger partial charge in [0, 0.05) is 36.8 Å². The number of hydrogen-bond donors (Lipinski definition) is 3. The van der Waals surface area contributed by atoms with E-state index in [1.807, 2.05) is 0 Å². The summed E-state index contributed by atoms with van der Waals surface area (Å²) in [6, 6.07) is 3.06. The third-order valence-electron chi connectivity index (χ3n) is 6.03. The number of aryl methyl sites for hydroxylation is 1. The second-order valence-corrected chi connectivity index (χ2v) is 10.2. The molecule has 3 heterocycles. The molecule has 37 heavy (non-hydrogen) atoms. The van der Waals surface area contributed by atoms with Crippen molar-refractivity contribution in [2.24, 2.45) is 5.16 Å². The average molecular weight is 556 g/mol. The van der Waals surface area contributed by atoms with Crippen molar-refractivity contribution in [1.82, 2.24) is 9.59 Å². The summed E-state index contributed by atoms with van der Waals surface area (Å²) in [4.78, 5) is 17.7. The molecule has 3 aromatic rings. The lowest BCUT2D eigenvalue weighted by Crippen LogP contribution is -2.63. The highest BCUT2D eigenvalue weighted by molar-refractivity contribution is 7.10. The number of nitrogens with zero attached hydrogens (tertiary/aromatic N) is 3. The van der Waals surface area contributed by atoms with Crippen molar-refractivity contribution in [2.75, 3.05) is 7.11 Å². The number of hydrogen-bond acceptors (Lipinski definition) is 13. The van der Waals surface area contributed by atoms with Crippen LogP contribution in [-0.2, 0) is 27.3 Å². The number of aromatic hydroxyl groups is 1. The zero-order valence-corrected chi connectivity index (χ0v) is 21.9. The highest BCUT2D eigenvalue weighted by Crippen LogP contribution is 2.36. The third-order valence-corrected chi connectivity index (χ3v) is 7.02. The molecule has 200 valence electrons. The fourth-order valence-electron chi connectivity index (χ4n) is 4.11. The van der Waals surface area contributed by atoms with Gasteiger partial charge in [-0.15, -0.1) is 5.10 Å². The predicted octanol–water partition coefficient (Wildman–Crippen LogP) is 2.31. The molecule has 0 bridgehead atoms. The number of halogens is 1. The Morgan fingerprint density at radius 2 is 2.05 bits per heavy atom. The molecule has 2 aromatic heterocycles. The van der Waals surface area contributed by atoms with Crippen LogP contribution in [0.2, 0.25) is 4.34 Å². The summed E-state index contributed by atoms with van der Waals surface area (Å²) in [7, 11) is 1.42. The zero-order valence-electron chi connectivity index (χ0n) is 20.4. The number of aliphatic hydroxyl groups is 2. The number of benzene rings is 1. The van der Waals surface area contributed by atoms with Gasteiger partial charge < -0.3 is 38.8 Å². The highest BCUT2D eigenvalue weighted by Gasteiger charge is 2.50. The van der Waals surface area contributed by atoms with E-state index in [-0.39, 0.29) is 41.1 Å². The van der Waals surface area contributed by atoms with Gasteiger partial charge in [0.2, 0.25) is 6.29 Å². The van der Waals surface area contributed by atoms with Crippen LogP contribution in [0.25, 0.3) is 11.0 Å². The molecule has 0 unspecified atom stereocenters. The van der Waals surface area contributed by atoms with Crippen LogP contribution in [0.5, 0.6) is 11.5 Å². The molecule has 0 amide bonds. The van der Waals surface area contributed by atoms with E-state index in [1.54, 1.807) is 26.8 Å². The Hall–Kier alpha value is -2.81. The minimum absolute atomic E-state index is 0.00581. The molecule has 0 aliphatic carbocycles. The fraction of sp³-hybridized carbons (Fsp3) is 0.478. The molecule has 1 aliphatic rings. The number of aromatic nitrogens is 2. The van der Waals surface area contributed by atoms with E-state index in [0.717, 1.165) is 11.5 Å². The van der Waals surface area contributed by atoms with Gasteiger partial charge in [-0.1, -0.05) is 21.2 Å². The Morgan fingerprint density at radius 3 is 2.73 bits per heavy atom. The summed E-state index contributed by atoms with van der Waals surface area (Å²) in [6.07, 6.45) is -3.41. The summed E-state index contributed by atoms with van der Waals surface area (Å²) < 4.78 is 26.5. The van der Waals surface area contributed by atoms with Crippen molar-refractivity contribution in [2.45, 2.75) is 64.0 Å². The van der Waals surface area contributed by atoms with Gasteiger partial charge in [0.05, 0.1) is 16.6 Å². The van der Waals surface area contributed by atoms with Gasteiger partial charge in [0.15, 0.2) is 6.61 Å². The lowest BCUT2D eigenvalue weighted by Gasteiger charge is -2.46. The van der Waals surface area contributed by atoms with Crippen LogP contribution in [0, 0.1) is 6.92 Å². The smallest absolute Gasteiger partial charge is 0.343 e. The molecule has 4 rings (SSSR count). The standard InChI is InChI=1S/C23H26ClN3O9S/c1-10-14(34-22-17(30)16(29)19(32-4)23(2,3)36-22)6-5-11-15(28)12(21(31)35-18(10)11)7-8-25-33-9-13-20(24)37-27-26-13/h5-6,8,16-17,19,22,28-30H,7,9H2,1-4H3/t16-,17-,19-,22-/m1/s1. The van der Waals surface area contributed by atoms with E-state index in [9.17, 15) is 20.1 Å². The molecule has 1 aromatic carbocycles. The van der Waals surface area contributed by atoms with Gasteiger partial charge in [0.1, 0.15) is 45.4 Å². The van der Waals surface area contributed by atoms with Crippen molar-refractivity contribution in [3.8, 4) is 11.5 Å².